The van der Waals surface area contributed by atoms with E-state index in [0.29, 0.717) is 23.3 Å². The van der Waals surface area contributed by atoms with Crippen LogP contribution in [0.25, 0.3) is 0 Å². The molecule has 4 aliphatic rings. The van der Waals surface area contributed by atoms with Gasteiger partial charge in [0.2, 0.25) is 5.91 Å². The van der Waals surface area contributed by atoms with Crippen LogP contribution in [0.1, 0.15) is 29.6 Å². The minimum atomic E-state index is -1.11. The average molecular weight is 570 g/mol. The van der Waals surface area contributed by atoms with E-state index in [1.807, 2.05) is 19.0 Å². The largest absolute Gasteiger partial charge is 0.511 e. The lowest BCUT2D eigenvalue weighted by atomic mass is 9.68. The van der Waals surface area contributed by atoms with Gasteiger partial charge in [-0.15, -0.1) is 11.8 Å². The number of phenols is 1. The van der Waals surface area contributed by atoms with Gasteiger partial charge in [0.25, 0.3) is 5.91 Å². The van der Waals surface area contributed by atoms with Crippen molar-refractivity contribution in [3.8, 4) is 5.75 Å². The summed E-state index contributed by atoms with van der Waals surface area (Å²) in [7, 11) is 3.65. The Kier molecular flexibility index (Phi) is 7.71. The number of hydrogen-bond acceptors (Lipinski definition) is 10. The van der Waals surface area contributed by atoms with Crippen molar-refractivity contribution in [1.82, 2.24) is 0 Å². The van der Waals surface area contributed by atoms with E-state index in [4.69, 9.17) is 23.7 Å². The minimum Gasteiger partial charge on any atom is -0.511 e. The molecule has 204 valence electrons. The molecule has 0 bridgehead atoms. The zero-order valence-corrected chi connectivity index (χ0v) is 22.8. The number of thioether (sulfide) groups is 1. The number of Topliss-reactive ketones (excluding diaryl/α,β-unsaturated/α-hetero) is 2. The molecule has 2 amide bonds. The molecule has 3 atom stereocenters. The van der Waals surface area contributed by atoms with E-state index in [1.165, 1.54) is 17.8 Å². The number of rotatable bonds is 3. The highest BCUT2D eigenvalue weighted by molar-refractivity contribution is 8.00. The quantitative estimate of drug-likeness (QED) is 0.268. The number of carbonyl (C=O) groups excluding carboxylic acids is 4. The summed E-state index contributed by atoms with van der Waals surface area (Å²) in [4.78, 5) is 51.4. The number of nitrogens with two attached hydrogens (primary N) is 2. The molecule has 12 heteroatoms. The maximum Gasteiger partial charge on any atom is 0.255 e. The van der Waals surface area contributed by atoms with Gasteiger partial charge in [-0.3, -0.25) is 19.2 Å². The number of phenolic OH excluding ortho intramolecular Hbond substituents is 1. The normalized spacial score (nSPS) is 23.7. The van der Waals surface area contributed by atoms with Crippen LogP contribution in [-0.4, -0.2) is 62.9 Å². The maximum atomic E-state index is 13.2. The highest BCUT2D eigenvalue weighted by atomic mass is 32.2. The van der Waals surface area contributed by atoms with Crippen LogP contribution in [0.2, 0.25) is 0 Å². The number of aromatic hydroxyl groups is 1. The number of amides is 2. The van der Waals surface area contributed by atoms with Gasteiger partial charge in [-0.1, -0.05) is 18.3 Å². The molecule has 10 nitrogen and oxygen atoms in total. The lowest BCUT2D eigenvalue weighted by molar-refractivity contribution is -0.125. The van der Waals surface area contributed by atoms with Gasteiger partial charge in [0.15, 0.2) is 11.6 Å². The van der Waals surface area contributed by atoms with Crippen LogP contribution in [0.4, 0.5) is 5.69 Å². The summed E-state index contributed by atoms with van der Waals surface area (Å²) in [5.74, 6) is -5.30. The predicted molar refractivity (Wildman–Crippen MR) is 150 cm³/mol. The molecule has 0 saturated carbocycles. The number of aliphatic hydroxyl groups is 2. The molecule has 0 radical (unpaired) electrons. The summed E-state index contributed by atoms with van der Waals surface area (Å²) in [6.07, 6.45) is 6.15. The lowest BCUT2D eigenvalue weighted by Gasteiger charge is -2.40. The number of hydrogen-bond donors (Lipinski definition) is 5. The fraction of sp³-hybridized carbons (Fsp3) is 0.296. The number of carbonyl (C=O) groups is 4. The number of nitrogens with zero attached hydrogens (tertiary/aromatic N) is 1. The molecule has 0 aromatic heterocycles. The van der Waals surface area contributed by atoms with Crippen molar-refractivity contribution >= 4 is 57.9 Å². The molecule has 39 heavy (non-hydrogen) atoms. The summed E-state index contributed by atoms with van der Waals surface area (Å²) >= 11 is 6.20. The zero-order valence-electron chi connectivity index (χ0n) is 21.1. The summed E-state index contributed by atoms with van der Waals surface area (Å²) in [5.41, 5.74) is 11.2. The Labute approximate surface area is 233 Å². The molecule has 0 fully saturated rings. The summed E-state index contributed by atoms with van der Waals surface area (Å²) < 4.78 is 0. The van der Waals surface area contributed by atoms with Crippen LogP contribution in [0.5, 0.6) is 5.75 Å². The van der Waals surface area contributed by atoms with Crippen LogP contribution in [0.15, 0.2) is 63.5 Å². The first-order valence-electron chi connectivity index (χ1n) is 12.0. The molecule has 1 aromatic carbocycles. The van der Waals surface area contributed by atoms with E-state index < -0.39 is 51.8 Å². The van der Waals surface area contributed by atoms with E-state index >= 15 is 0 Å². The zero-order chi connectivity index (χ0) is 28.8. The number of ketones is 2. The van der Waals surface area contributed by atoms with Crippen molar-refractivity contribution in [1.29, 1.82) is 0 Å². The fourth-order valence-electron chi connectivity index (χ4n) is 5.15. The lowest BCUT2D eigenvalue weighted by Crippen LogP contribution is -2.43. The van der Waals surface area contributed by atoms with Crippen molar-refractivity contribution < 1.29 is 34.5 Å². The van der Waals surface area contributed by atoms with Gasteiger partial charge >= 0.3 is 0 Å². The molecule has 5 rings (SSSR count). The number of fused-ring (bicyclic) bond motifs is 3. The third-order valence-corrected chi connectivity index (χ3v) is 8.65. The van der Waals surface area contributed by atoms with E-state index in [-0.39, 0.29) is 29.1 Å². The predicted octanol–water partition coefficient (Wildman–Crippen LogP) is 2.56. The van der Waals surface area contributed by atoms with Gasteiger partial charge in [-0.05, 0) is 36.6 Å². The molecule has 1 aromatic rings. The third-order valence-electron chi connectivity index (χ3n) is 6.99. The molecule has 3 unspecified atom stereocenters. The van der Waals surface area contributed by atoms with Crippen molar-refractivity contribution in [2.75, 3.05) is 19.0 Å². The van der Waals surface area contributed by atoms with Gasteiger partial charge in [-0.2, -0.15) is 0 Å². The first kappa shape index (κ1) is 28.1. The van der Waals surface area contributed by atoms with Gasteiger partial charge < -0.3 is 31.7 Å². The summed E-state index contributed by atoms with van der Waals surface area (Å²) in [6, 6.07) is 3.14. The van der Waals surface area contributed by atoms with E-state index in [1.54, 1.807) is 24.3 Å². The topological polar surface area (TPSA) is 184 Å². The average Bonchev–Trinajstić information content (AvgIpc) is 2.83. The fourth-order valence-corrected chi connectivity index (χ4v) is 6.96. The number of anilines is 1. The molecule has 0 spiro atoms. The van der Waals surface area contributed by atoms with E-state index in [0.717, 1.165) is 10.6 Å². The van der Waals surface area contributed by atoms with Crippen LogP contribution in [0.3, 0.4) is 0 Å². The number of allylic oxidation sites excluding steroid dienone is 4. The van der Waals surface area contributed by atoms with Gasteiger partial charge in [-0.25, -0.2) is 0 Å². The molecule has 3 aliphatic carbocycles. The number of benzene rings is 1. The van der Waals surface area contributed by atoms with Crippen LogP contribution < -0.4 is 16.4 Å². The second-order valence-electron chi connectivity index (χ2n) is 9.69. The highest BCUT2D eigenvalue weighted by Gasteiger charge is 2.50. The second-order valence-corrected chi connectivity index (χ2v) is 11.4. The Hall–Kier alpha value is -3.90. The molecular formula is C27H27N3O7S2. The second kappa shape index (κ2) is 10.7. The maximum absolute atomic E-state index is 13.2. The Bertz CT molecular complexity index is 1460. The molecule has 1 heterocycles. The van der Waals surface area contributed by atoms with Crippen LogP contribution in [-0.2, 0) is 14.4 Å². The standard InChI is InChI=1S/C20H20N2O6S.C7H7NOS/c1-22(2)8-3-4-9(23)13-18(27)15-11(29-19(8)13)6-7-5-10(24)14(20(21)28)16(25)12(7)17(15)26;8-7(9)5-1-3-6(10)4-2-5/h3-4,7,11-12,23-24,26H,5-6H2,1-2H3,(H2,21,28);1-3H,4H2,(H2,8,9). The number of thiocarbonyl (C=S) groups is 1. The van der Waals surface area contributed by atoms with Crippen LogP contribution in [0, 0.1) is 11.8 Å². The Morgan fingerprint density at radius 3 is 2.33 bits per heavy atom. The van der Waals surface area contributed by atoms with Gasteiger partial charge in [0, 0.05) is 47.5 Å². The number of primary amides is 2. The number of aliphatic hydroxyl groups excluding tert-OH is 2. The van der Waals surface area contributed by atoms with Gasteiger partial charge in [0.05, 0.1) is 22.7 Å². The Balaban J connectivity index is 0.000000298. The van der Waals surface area contributed by atoms with Crippen molar-refractivity contribution in [3.05, 3.63) is 64.2 Å². The first-order chi connectivity index (χ1) is 18.3. The molecule has 0 saturated heterocycles. The Morgan fingerprint density at radius 2 is 1.77 bits per heavy atom. The van der Waals surface area contributed by atoms with Crippen molar-refractivity contribution in [3.63, 3.8) is 0 Å². The van der Waals surface area contributed by atoms with E-state index in [9.17, 15) is 34.5 Å². The minimum absolute atomic E-state index is 0.0186. The monoisotopic (exact) mass is 569 g/mol. The van der Waals surface area contributed by atoms with Crippen molar-refractivity contribution in [2.24, 2.45) is 23.3 Å². The smallest absolute Gasteiger partial charge is 0.255 e. The van der Waals surface area contributed by atoms with E-state index in [2.05, 4.69) is 0 Å². The first-order valence-corrected chi connectivity index (χ1v) is 13.3. The SMILES string of the molecule is CN(C)c1ccc(O)c2c1SC1CC3CC(O)=C(C(N)=O)C(=O)C3C(O)=C1C2=O.NC(=O)C1=CCC(=S)C=C1. The van der Waals surface area contributed by atoms with Crippen molar-refractivity contribution in [2.45, 2.75) is 29.4 Å². The molecule has 1 aliphatic heterocycles. The Morgan fingerprint density at radius 1 is 1.08 bits per heavy atom. The third kappa shape index (κ3) is 5.09. The van der Waals surface area contributed by atoms with Crippen LogP contribution >= 0.6 is 24.0 Å². The molecular weight excluding hydrogens is 542 g/mol. The summed E-state index contributed by atoms with van der Waals surface area (Å²) in [5, 5.41) is 30.9. The molecule has 7 N–H and O–H groups in total. The summed E-state index contributed by atoms with van der Waals surface area (Å²) in [6.45, 7) is 0. The highest BCUT2D eigenvalue weighted by Crippen LogP contribution is 2.54. The van der Waals surface area contributed by atoms with Gasteiger partial charge in [0.1, 0.15) is 22.8 Å².